The summed E-state index contributed by atoms with van der Waals surface area (Å²) in [7, 11) is 0. The summed E-state index contributed by atoms with van der Waals surface area (Å²) in [6, 6.07) is 0. The van der Waals surface area contributed by atoms with Crippen molar-refractivity contribution in [2.45, 2.75) is 19.1 Å². The van der Waals surface area contributed by atoms with Gasteiger partial charge in [-0.3, -0.25) is 0 Å². The summed E-state index contributed by atoms with van der Waals surface area (Å²) in [5.74, 6) is 0. The summed E-state index contributed by atoms with van der Waals surface area (Å²) in [6.07, 6.45) is 0.187. The summed E-state index contributed by atoms with van der Waals surface area (Å²) in [5.41, 5.74) is 1.00. The molecule has 1 N–H and O–H groups in total. The van der Waals surface area contributed by atoms with Gasteiger partial charge in [0.1, 0.15) is 12.2 Å². The number of epoxide rings is 1. The van der Waals surface area contributed by atoms with Crippen LogP contribution in [-0.4, -0.2) is 23.9 Å². The predicted octanol–water partition coefficient (Wildman–Crippen LogP) is 0.322. The van der Waals surface area contributed by atoms with Crippen LogP contribution in [0, 0.1) is 0 Å². The molecule has 0 aromatic rings. The van der Waals surface area contributed by atoms with Gasteiger partial charge in [0.15, 0.2) is 0 Å². The first-order valence-electron chi connectivity index (χ1n) is 2.67. The average Bonchev–Trinajstić information content (AvgIpc) is 2.42. The molecule has 1 heterocycles. The molecule has 1 saturated heterocycles. The third kappa shape index (κ3) is 0.904. The van der Waals surface area contributed by atoms with Gasteiger partial charge in [-0.25, -0.2) is 0 Å². The van der Waals surface area contributed by atoms with Crippen molar-refractivity contribution in [3.8, 4) is 0 Å². The summed E-state index contributed by atoms with van der Waals surface area (Å²) < 4.78 is 4.98. The van der Waals surface area contributed by atoms with Gasteiger partial charge in [0.25, 0.3) is 0 Å². The fourth-order valence-corrected chi connectivity index (χ4v) is 0.715. The molecule has 0 aromatic heterocycles. The van der Waals surface area contributed by atoms with E-state index in [0.29, 0.717) is 0 Å². The van der Waals surface area contributed by atoms with E-state index in [2.05, 4.69) is 6.58 Å². The molecule has 8 heavy (non-hydrogen) atoms. The first kappa shape index (κ1) is 5.79. The van der Waals surface area contributed by atoms with E-state index in [1.54, 1.807) is 0 Å². The minimum Gasteiger partial charge on any atom is -0.394 e. The zero-order valence-corrected chi connectivity index (χ0v) is 4.92. The highest BCUT2D eigenvalue weighted by molar-refractivity contribution is 5.09. The van der Waals surface area contributed by atoms with E-state index in [0.717, 1.165) is 5.57 Å². The van der Waals surface area contributed by atoms with Crippen LogP contribution in [0.25, 0.3) is 0 Å². The number of aliphatic hydroxyl groups is 1. The minimum absolute atomic E-state index is 0.0486. The highest BCUT2D eigenvalue weighted by Crippen LogP contribution is 2.26. The largest absolute Gasteiger partial charge is 0.394 e. The maximum absolute atomic E-state index is 8.46. The zero-order valence-electron chi connectivity index (χ0n) is 4.92. The monoisotopic (exact) mass is 114 g/mol. The fraction of sp³-hybridized carbons (Fsp3) is 0.667. The lowest BCUT2D eigenvalue weighted by Crippen LogP contribution is -1.98. The highest BCUT2D eigenvalue weighted by Gasteiger charge is 2.38. The van der Waals surface area contributed by atoms with Crippen LogP contribution in [0.2, 0.25) is 0 Å². The van der Waals surface area contributed by atoms with Crippen molar-refractivity contribution in [2.24, 2.45) is 0 Å². The Morgan fingerprint density at radius 3 is 2.62 bits per heavy atom. The van der Waals surface area contributed by atoms with E-state index in [1.807, 2.05) is 6.92 Å². The molecule has 2 atom stereocenters. The Labute approximate surface area is 48.8 Å². The molecule has 1 fully saturated rings. The second kappa shape index (κ2) is 1.88. The number of rotatable bonds is 2. The van der Waals surface area contributed by atoms with Crippen LogP contribution < -0.4 is 0 Å². The second-order valence-electron chi connectivity index (χ2n) is 2.12. The lowest BCUT2D eigenvalue weighted by atomic mass is 10.2. The molecule has 1 aliphatic rings. The Bertz CT molecular complexity index is 109. The SMILES string of the molecule is C=C(C)C1OC1CO. The van der Waals surface area contributed by atoms with Crippen LogP contribution in [0.4, 0.5) is 0 Å². The van der Waals surface area contributed by atoms with Crippen molar-refractivity contribution in [1.29, 1.82) is 0 Å². The molecule has 0 saturated carbocycles. The van der Waals surface area contributed by atoms with E-state index in [4.69, 9.17) is 9.84 Å². The lowest BCUT2D eigenvalue weighted by molar-refractivity contribution is 0.243. The molecular weight excluding hydrogens is 104 g/mol. The topological polar surface area (TPSA) is 32.8 Å². The first-order chi connectivity index (χ1) is 3.75. The first-order valence-corrected chi connectivity index (χ1v) is 2.67. The summed E-state index contributed by atoms with van der Waals surface area (Å²) >= 11 is 0. The molecule has 0 radical (unpaired) electrons. The highest BCUT2D eigenvalue weighted by atomic mass is 16.6. The summed E-state index contributed by atoms with van der Waals surface area (Å²) in [4.78, 5) is 0. The number of aliphatic hydroxyl groups excluding tert-OH is 1. The van der Waals surface area contributed by atoms with Crippen LogP contribution in [-0.2, 0) is 4.74 Å². The van der Waals surface area contributed by atoms with Gasteiger partial charge in [-0.1, -0.05) is 6.58 Å². The molecule has 2 unspecified atom stereocenters. The molecule has 1 aliphatic heterocycles. The Morgan fingerprint density at radius 2 is 2.50 bits per heavy atom. The normalized spacial score (nSPS) is 34.8. The maximum atomic E-state index is 8.46. The number of hydrogen-bond acceptors (Lipinski definition) is 2. The average molecular weight is 114 g/mol. The lowest BCUT2D eigenvalue weighted by Gasteiger charge is -1.84. The van der Waals surface area contributed by atoms with Crippen LogP contribution in [0.5, 0.6) is 0 Å². The Kier molecular flexibility index (Phi) is 1.36. The van der Waals surface area contributed by atoms with Crippen LogP contribution >= 0.6 is 0 Å². The van der Waals surface area contributed by atoms with Crippen LogP contribution in [0.3, 0.4) is 0 Å². The van der Waals surface area contributed by atoms with E-state index in [9.17, 15) is 0 Å². The van der Waals surface area contributed by atoms with E-state index in [-0.39, 0.29) is 18.8 Å². The minimum atomic E-state index is 0.0486. The smallest absolute Gasteiger partial charge is 0.111 e. The Morgan fingerprint density at radius 1 is 1.88 bits per heavy atom. The molecule has 0 aliphatic carbocycles. The van der Waals surface area contributed by atoms with Gasteiger partial charge >= 0.3 is 0 Å². The second-order valence-corrected chi connectivity index (χ2v) is 2.12. The Balaban J connectivity index is 2.26. The van der Waals surface area contributed by atoms with Crippen LogP contribution in [0.15, 0.2) is 12.2 Å². The van der Waals surface area contributed by atoms with Gasteiger partial charge in [-0.2, -0.15) is 0 Å². The molecule has 0 amide bonds. The molecule has 46 valence electrons. The molecule has 2 heteroatoms. The summed E-state index contributed by atoms with van der Waals surface area (Å²) in [5, 5.41) is 8.46. The van der Waals surface area contributed by atoms with Crippen molar-refractivity contribution >= 4 is 0 Å². The zero-order chi connectivity index (χ0) is 6.15. The molecule has 1 rings (SSSR count). The van der Waals surface area contributed by atoms with Gasteiger partial charge in [-0.05, 0) is 12.5 Å². The van der Waals surface area contributed by atoms with Gasteiger partial charge in [0.2, 0.25) is 0 Å². The van der Waals surface area contributed by atoms with Crippen molar-refractivity contribution in [3.63, 3.8) is 0 Å². The number of hydrogen-bond donors (Lipinski definition) is 1. The van der Waals surface area contributed by atoms with Crippen molar-refractivity contribution < 1.29 is 9.84 Å². The Hall–Kier alpha value is -0.340. The van der Waals surface area contributed by atoms with E-state index < -0.39 is 0 Å². The molecule has 0 aromatic carbocycles. The standard InChI is InChI=1S/C6H10O2/c1-4(2)6-5(3-7)8-6/h5-7H,1,3H2,2H3. The van der Waals surface area contributed by atoms with Crippen molar-refractivity contribution in [3.05, 3.63) is 12.2 Å². The van der Waals surface area contributed by atoms with E-state index in [1.165, 1.54) is 0 Å². The van der Waals surface area contributed by atoms with E-state index >= 15 is 0 Å². The third-order valence-corrected chi connectivity index (χ3v) is 1.25. The number of ether oxygens (including phenoxy) is 1. The quantitative estimate of drug-likeness (QED) is 0.414. The van der Waals surface area contributed by atoms with Gasteiger partial charge in [0, 0.05) is 0 Å². The summed E-state index contributed by atoms with van der Waals surface area (Å²) in [6.45, 7) is 5.70. The van der Waals surface area contributed by atoms with Crippen molar-refractivity contribution in [2.75, 3.05) is 6.61 Å². The molecule has 0 spiro atoms. The van der Waals surface area contributed by atoms with Gasteiger partial charge in [0.05, 0.1) is 6.61 Å². The van der Waals surface area contributed by atoms with Crippen molar-refractivity contribution in [1.82, 2.24) is 0 Å². The molecular formula is C6H10O2. The molecule has 0 bridgehead atoms. The maximum Gasteiger partial charge on any atom is 0.111 e. The predicted molar refractivity (Wildman–Crippen MR) is 30.6 cm³/mol. The van der Waals surface area contributed by atoms with Gasteiger partial charge < -0.3 is 9.84 Å². The third-order valence-electron chi connectivity index (χ3n) is 1.25. The fourth-order valence-electron chi connectivity index (χ4n) is 0.715. The van der Waals surface area contributed by atoms with Gasteiger partial charge in [-0.15, -0.1) is 0 Å². The van der Waals surface area contributed by atoms with Crippen LogP contribution in [0.1, 0.15) is 6.92 Å². The molecule has 2 nitrogen and oxygen atoms in total.